The highest BCUT2D eigenvalue weighted by molar-refractivity contribution is 6.30. The van der Waals surface area contributed by atoms with Gasteiger partial charge in [0.05, 0.1) is 5.84 Å². The molecule has 1 atom stereocenters. The number of hydrogen-bond donors (Lipinski definition) is 1. The number of aliphatic imine (C=N–C) groups is 1. The third-order valence-corrected chi connectivity index (χ3v) is 3.34. The standard InChI is InChI=1S/C14H19ClN2/c1-11(12-6-5-7-13(15)10-12)17-14-8-3-2-4-9-16-14/h5-7,10-11H,2-4,8-9H2,1H3,(H,16,17)/t11-/m0/s1. The summed E-state index contributed by atoms with van der Waals surface area (Å²) in [6, 6.07) is 8.27. The van der Waals surface area contributed by atoms with Crippen LogP contribution in [0.5, 0.6) is 0 Å². The molecule has 0 unspecified atom stereocenters. The molecule has 0 aromatic heterocycles. The molecule has 1 aromatic rings. The van der Waals surface area contributed by atoms with E-state index in [0.717, 1.165) is 23.8 Å². The fourth-order valence-electron chi connectivity index (χ4n) is 2.10. The van der Waals surface area contributed by atoms with Crippen LogP contribution in [-0.2, 0) is 0 Å². The highest BCUT2D eigenvalue weighted by atomic mass is 35.5. The second-order valence-corrected chi connectivity index (χ2v) is 5.00. The van der Waals surface area contributed by atoms with Crippen molar-refractivity contribution >= 4 is 17.4 Å². The minimum atomic E-state index is 0.269. The van der Waals surface area contributed by atoms with Crippen molar-refractivity contribution in [3.63, 3.8) is 0 Å². The smallest absolute Gasteiger partial charge is 0.0967 e. The van der Waals surface area contributed by atoms with Crippen LogP contribution in [0.1, 0.15) is 44.2 Å². The molecule has 0 bridgehead atoms. The maximum absolute atomic E-state index is 6.00. The first-order valence-electron chi connectivity index (χ1n) is 6.31. The first-order valence-corrected chi connectivity index (χ1v) is 6.69. The van der Waals surface area contributed by atoms with Gasteiger partial charge in [0.15, 0.2) is 0 Å². The molecule has 1 N–H and O–H groups in total. The number of benzene rings is 1. The van der Waals surface area contributed by atoms with E-state index in [-0.39, 0.29) is 6.04 Å². The molecule has 1 aliphatic heterocycles. The van der Waals surface area contributed by atoms with Gasteiger partial charge in [-0.2, -0.15) is 0 Å². The summed E-state index contributed by atoms with van der Waals surface area (Å²) in [5.41, 5.74) is 1.21. The second-order valence-electron chi connectivity index (χ2n) is 4.56. The molecule has 0 aliphatic carbocycles. The second kappa shape index (κ2) is 6.06. The normalized spacial score (nSPS) is 18.1. The summed E-state index contributed by atoms with van der Waals surface area (Å²) in [5.74, 6) is 1.15. The molecule has 0 fully saturated rings. The van der Waals surface area contributed by atoms with Crippen LogP contribution in [0, 0.1) is 0 Å². The highest BCUT2D eigenvalue weighted by Gasteiger charge is 2.09. The Morgan fingerprint density at radius 1 is 1.29 bits per heavy atom. The van der Waals surface area contributed by atoms with Gasteiger partial charge < -0.3 is 5.32 Å². The molecule has 92 valence electrons. The minimum Gasteiger partial charge on any atom is -0.367 e. The highest BCUT2D eigenvalue weighted by Crippen LogP contribution is 2.18. The number of nitrogens with zero attached hydrogens (tertiary/aromatic N) is 1. The molecule has 1 aliphatic rings. The third-order valence-electron chi connectivity index (χ3n) is 3.11. The van der Waals surface area contributed by atoms with E-state index in [2.05, 4.69) is 23.3 Å². The van der Waals surface area contributed by atoms with E-state index >= 15 is 0 Å². The van der Waals surface area contributed by atoms with Gasteiger partial charge in [-0.25, -0.2) is 0 Å². The lowest BCUT2D eigenvalue weighted by Gasteiger charge is -2.17. The van der Waals surface area contributed by atoms with Crippen LogP contribution < -0.4 is 5.32 Å². The van der Waals surface area contributed by atoms with Crippen molar-refractivity contribution in [3.8, 4) is 0 Å². The van der Waals surface area contributed by atoms with Gasteiger partial charge in [0.25, 0.3) is 0 Å². The van der Waals surface area contributed by atoms with Crippen LogP contribution in [0.2, 0.25) is 5.02 Å². The van der Waals surface area contributed by atoms with E-state index in [4.69, 9.17) is 11.6 Å². The summed E-state index contributed by atoms with van der Waals surface area (Å²) in [4.78, 5) is 4.58. The van der Waals surface area contributed by atoms with Gasteiger partial charge in [0.2, 0.25) is 0 Å². The lowest BCUT2D eigenvalue weighted by Crippen LogP contribution is -2.26. The molecule has 0 amide bonds. The molecule has 0 saturated carbocycles. The number of nitrogens with one attached hydrogen (secondary N) is 1. The summed E-state index contributed by atoms with van der Waals surface area (Å²) < 4.78 is 0. The Kier molecular flexibility index (Phi) is 4.43. The molecule has 2 rings (SSSR count). The molecular formula is C14H19ClN2. The maximum Gasteiger partial charge on any atom is 0.0967 e. The van der Waals surface area contributed by atoms with E-state index in [1.165, 1.54) is 24.8 Å². The van der Waals surface area contributed by atoms with Crippen molar-refractivity contribution in [1.29, 1.82) is 0 Å². The van der Waals surface area contributed by atoms with Gasteiger partial charge >= 0.3 is 0 Å². The third kappa shape index (κ3) is 3.74. The topological polar surface area (TPSA) is 24.4 Å². The molecule has 0 saturated heterocycles. The van der Waals surface area contributed by atoms with Crippen LogP contribution in [0.3, 0.4) is 0 Å². The molecule has 0 radical (unpaired) electrons. The van der Waals surface area contributed by atoms with E-state index < -0.39 is 0 Å². The Morgan fingerprint density at radius 3 is 3.00 bits per heavy atom. The Balaban J connectivity index is 2.00. The van der Waals surface area contributed by atoms with Crippen molar-refractivity contribution in [1.82, 2.24) is 5.32 Å². The van der Waals surface area contributed by atoms with Crippen molar-refractivity contribution < 1.29 is 0 Å². The van der Waals surface area contributed by atoms with E-state index in [9.17, 15) is 0 Å². The van der Waals surface area contributed by atoms with Gasteiger partial charge in [-0.1, -0.05) is 30.2 Å². The van der Waals surface area contributed by atoms with Crippen LogP contribution in [0.4, 0.5) is 0 Å². The average Bonchev–Trinajstić information content (AvgIpc) is 2.57. The monoisotopic (exact) mass is 250 g/mol. The summed E-state index contributed by atoms with van der Waals surface area (Å²) in [7, 11) is 0. The summed E-state index contributed by atoms with van der Waals surface area (Å²) in [6.07, 6.45) is 4.83. The van der Waals surface area contributed by atoms with Gasteiger partial charge in [-0.3, -0.25) is 4.99 Å². The minimum absolute atomic E-state index is 0.269. The SMILES string of the molecule is C[C@H](NC1=NCCCCC1)c1cccc(Cl)c1. The average molecular weight is 251 g/mol. The lowest BCUT2D eigenvalue weighted by molar-refractivity contribution is 0.693. The van der Waals surface area contributed by atoms with Gasteiger partial charge in [0.1, 0.15) is 0 Å². The van der Waals surface area contributed by atoms with Crippen molar-refractivity contribution in [3.05, 3.63) is 34.9 Å². The number of halogens is 1. The zero-order chi connectivity index (χ0) is 12.1. The first-order chi connectivity index (χ1) is 8.25. The molecular weight excluding hydrogens is 232 g/mol. The summed E-state index contributed by atoms with van der Waals surface area (Å²) in [6.45, 7) is 3.11. The maximum atomic E-state index is 6.00. The van der Waals surface area contributed by atoms with Gasteiger partial charge in [0, 0.05) is 24.0 Å². The fraction of sp³-hybridized carbons (Fsp3) is 0.500. The molecule has 1 heterocycles. The van der Waals surface area contributed by atoms with Crippen molar-refractivity contribution in [2.75, 3.05) is 6.54 Å². The Bertz CT molecular complexity index is 401. The quantitative estimate of drug-likeness (QED) is 0.844. The predicted octanol–water partition coefficient (Wildman–Crippen LogP) is 3.96. The van der Waals surface area contributed by atoms with E-state index in [1.807, 2.05) is 18.2 Å². The Morgan fingerprint density at radius 2 is 2.18 bits per heavy atom. The van der Waals surface area contributed by atoms with Crippen molar-refractivity contribution in [2.45, 2.75) is 38.6 Å². The number of rotatable bonds is 2. The first kappa shape index (κ1) is 12.4. The molecule has 3 heteroatoms. The number of amidine groups is 1. The molecule has 17 heavy (non-hydrogen) atoms. The van der Waals surface area contributed by atoms with Crippen LogP contribution in [0.25, 0.3) is 0 Å². The van der Waals surface area contributed by atoms with Crippen LogP contribution in [0.15, 0.2) is 29.3 Å². The fourth-order valence-corrected chi connectivity index (χ4v) is 2.30. The summed E-state index contributed by atoms with van der Waals surface area (Å²) >= 11 is 6.00. The van der Waals surface area contributed by atoms with Crippen LogP contribution in [-0.4, -0.2) is 12.4 Å². The molecule has 1 aromatic carbocycles. The van der Waals surface area contributed by atoms with E-state index in [1.54, 1.807) is 0 Å². The number of hydrogen-bond acceptors (Lipinski definition) is 2. The van der Waals surface area contributed by atoms with Crippen molar-refractivity contribution in [2.24, 2.45) is 4.99 Å². The zero-order valence-corrected chi connectivity index (χ0v) is 11.0. The molecule has 0 spiro atoms. The molecule has 2 nitrogen and oxygen atoms in total. The Hall–Kier alpha value is -1.02. The van der Waals surface area contributed by atoms with Gasteiger partial charge in [-0.05, 0) is 37.5 Å². The lowest BCUT2D eigenvalue weighted by atomic mass is 10.1. The Labute approximate surface area is 108 Å². The van der Waals surface area contributed by atoms with Gasteiger partial charge in [-0.15, -0.1) is 0 Å². The van der Waals surface area contributed by atoms with Crippen LogP contribution >= 0.6 is 11.6 Å². The predicted molar refractivity (Wildman–Crippen MR) is 73.8 cm³/mol. The summed E-state index contributed by atoms with van der Waals surface area (Å²) in [5, 5.41) is 4.28. The van der Waals surface area contributed by atoms with E-state index in [0.29, 0.717) is 0 Å². The largest absolute Gasteiger partial charge is 0.367 e. The zero-order valence-electron chi connectivity index (χ0n) is 10.2.